The van der Waals surface area contributed by atoms with Crippen LogP contribution in [0.4, 0.5) is 0 Å². The number of ketones is 1. The van der Waals surface area contributed by atoms with E-state index < -0.39 is 0 Å². The fraction of sp³-hybridized carbons (Fsp3) is 0.727. The van der Waals surface area contributed by atoms with Crippen molar-refractivity contribution in [2.24, 2.45) is 17.3 Å². The second kappa shape index (κ2) is 1.84. The highest BCUT2D eigenvalue weighted by molar-refractivity contribution is 5.93. The first-order chi connectivity index (χ1) is 5.75. The number of rotatable bonds is 0. The van der Waals surface area contributed by atoms with Gasteiger partial charge in [0.2, 0.25) is 0 Å². The standard InChI is InChI=1S/C11H14O/c1-7-5-8-6-10(12)11(8)4-2-3-9(7)11/h8-9H,1-6H2/t8-,9+,11+/m1/s1. The Bertz CT molecular complexity index is 277. The topological polar surface area (TPSA) is 17.1 Å². The van der Waals surface area contributed by atoms with Crippen LogP contribution in [0.15, 0.2) is 12.2 Å². The summed E-state index contributed by atoms with van der Waals surface area (Å²) in [5, 5.41) is 0. The lowest BCUT2D eigenvalue weighted by Gasteiger charge is -2.43. The van der Waals surface area contributed by atoms with Gasteiger partial charge in [0, 0.05) is 11.8 Å². The number of carbonyl (C=O) groups excluding carboxylic acids is 1. The van der Waals surface area contributed by atoms with E-state index in [0.717, 1.165) is 12.8 Å². The van der Waals surface area contributed by atoms with E-state index in [9.17, 15) is 4.79 Å². The van der Waals surface area contributed by atoms with E-state index >= 15 is 0 Å². The Morgan fingerprint density at radius 2 is 2.25 bits per heavy atom. The maximum atomic E-state index is 11.6. The van der Waals surface area contributed by atoms with Crippen molar-refractivity contribution in [1.82, 2.24) is 0 Å². The third-order valence-electron chi connectivity index (χ3n) is 4.39. The maximum Gasteiger partial charge on any atom is 0.140 e. The Morgan fingerprint density at radius 3 is 2.92 bits per heavy atom. The Labute approximate surface area is 72.8 Å². The van der Waals surface area contributed by atoms with E-state index in [0.29, 0.717) is 17.6 Å². The van der Waals surface area contributed by atoms with E-state index in [1.54, 1.807) is 0 Å². The van der Waals surface area contributed by atoms with Gasteiger partial charge in [-0.2, -0.15) is 0 Å². The van der Waals surface area contributed by atoms with Crippen LogP contribution in [0.25, 0.3) is 0 Å². The molecule has 1 heteroatoms. The van der Waals surface area contributed by atoms with Crippen molar-refractivity contribution >= 4 is 5.78 Å². The molecule has 0 aliphatic heterocycles. The van der Waals surface area contributed by atoms with Crippen LogP contribution in [0.2, 0.25) is 0 Å². The number of hydrogen-bond acceptors (Lipinski definition) is 1. The molecule has 0 bridgehead atoms. The molecule has 0 radical (unpaired) electrons. The molecular formula is C11H14O. The fourth-order valence-corrected chi connectivity index (χ4v) is 3.83. The van der Waals surface area contributed by atoms with Gasteiger partial charge in [0.25, 0.3) is 0 Å². The first kappa shape index (κ1) is 6.88. The average molecular weight is 162 g/mol. The molecule has 0 N–H and O–H groups in total. The van der Waals surface area contributed by atoms with E-state index in [4.69, 9.17) is 0 Å². The second-order valence-corrected chi connectivity index (χ2v) is 4.67. The van der Waals surface area contributed by atoms with Gasteiger partial charge in [0.15, 0.2) is 0 Å². The summed E-state index contributed by atoms with van der Waals surface area (Å²) < 4.78 is 0. The van der Waals surface area contributed by atoms with Crippen LogP contribution < -0.4 is 0 Å². The smallest absolute Gasteiger partial charge is 0.140 e. The van der Waals surface area contributed by atoms with Gasteiger partial charge >= 0.3 is 0 Å². The molecule has 3 saturated carbocycles. The molecule has 3 atom stereocenters. The highest BCUT2D eigenvalue weighted by Gasteiger charge is 2.64. The minimum atomic E-state index is 0.136. The Balaban J connectivity index is 2.08. The minimum Gasteiger partial charge on any atom is -0.299 e. The van der Waals surface area contributed by atoms with Gasteiger partial charge in [-0.25, -0.2) is 0 Å². The Hall–Kier alpha value is -0.590. The fourth-order valence-electron chi connectivity index (χ4n) is 3.83. The predicted molar refractivity (Wildman–Crippen MR) is 46.6 cm³/mol. The average Bonchev–Trinajstić information content (AvgIpc) is 2.55. The van der Waals surface area contributed by atoms with Gasteiger partial charge < -0.3 is 0 Å². The van der Waals surface area contributed by atoms with E-state index in [-0.39, 0.29) is 5.41 Å². The number of allylic oxidation sites excluding steroid dienone is 1. The SMILES string of the molecule is C=C1C[C@@H]2CC(=O)[C@@]23CCC[C@@H]13. The summed E-state index contributed by atoms with van der Waals surface area (Å²) in [6.07, 6.45) is 5.67. The highest BCUT2D eigenvalue weighted by Crippen LogP contribution is 2.66. The second-order valence-electron chi connectivity index (χ2n) is 4.67. The molecule has 3 aliphatic carbocycles. The van der Waals surface area contributed by atoms with Crippen LogP contribution in [-0.4, -0.2) is 5.78 Å². The van der Waals surface area contributed by atoms with Crippen LogP contribution >= 0.6 is 0 Å². The molecule has 0 heterocycles. The monoisotopic (exact) mass is 162 g/mol. The summed E-state index contributed by atoms with van der Waals surface area (Å²) in [4.78, 5) is 11.6. The molecule has 12 heavy (non-hydrogen) atoms. The van der Waals surface area contributed by atoms with Gasteiger partial charge in [-0.3, -0.25) is 4.79 Å². The number of carbonyl (C=O) groups is 1. The van der Waals surface area contributed by atoms with Crippen molar-refractivity contribution in [2.45, 2.75) is 32.1 Å². The van der Waals surface area contributed by atoms with Crippen LogP contribution in [-0.2, 0) is 4.79 Å². The molecule has 1 spiro atoms. The summed E-state index contributed by atoms with van der Waals surface area (Å²) in [6, 6.07) is 0. The maximum absolute atomic E-state index is 11.6. The van der Waals surface area contributed by atoms with Crippen molar-refractivity contribution in [3.63, 3.8) is 0 Å². The Morgan fingerprint density at radius 1 is 1.42 bits per heavy atom. The van der Waals surface area contributed by atoms with Gasteiger partial charge in [-0.05, 0) is 31.1 Å². The number of Topliss-reactive ketones (excluding diaryl/α,β-unsaturated/α-hetero) is 1. The van der Waals surface area contributed by atoms with E-state index in [1.165, 1.54) is 24.8 Å². The van der Waals surface area contributed by atoms with Crippen molar-refractivity contribution in [1.29, 1.82) is 0 Å². The van der Waals surface area contributed by atoms with Crippen LogP contribution in [0, 0.1) is 17.3 Å². The quantitative estimate of drug-likeness (QED) is 0.499. The molecule has 0 unspecified atom stereocenters. The van der Waals surface area contributed by atoms with E-state index in [1.807, 2.05) is 0 Å². The Kier molecular flexibility index (Phi) is 1.05. The summed E-state index contributed by atoms with van der Waals surface area (Å²) in [7, 11) is 0. The van der Waals surface area contributed by atoms with Crippen molar-refractivity contribution in [2.75, 3.05) is 0 Å². The third-order valence-corrected chi connectivity index (χ3v) is 4.39. The molecule has 0 aromatic rings. The zero-order chi connectivity index (χ0) is 8.34. The lowest BCUT2D eigenvalue weighted by Crippen LogP contribution is -2.47. The normalized spacial score (nSPS) is 50.3. The number of hydrogen-bond donors (Lipinski definition) is 0. The third kappa shape index (κ3) is 0.502. The zero-order valence-electron chi connectivity index (χ0n) is 7.31. The minimum absolute atomic E-state index is 0.136. The summed E-state index contributed by atoms with van der Waals surface area (Å²) in [5.41, 5.74) is 1.51. The molecule has 0 amide bonds. The molecule has 3 rings (SSSR count). The van der Waals surface area contributed by atoms with Crippen LogP contribution in [0.5, 0.6) is 0 Å². The van der Waals surface area contributed by atoms with Gasteiger partial charge in [0.1, 0.15) is 5.78 Å². The van der Waals surface area contributed by atoms with Crippen molar-refractivity contribution < 1.29 is 4.79 Å². The first-order valence-electron chi connectivity index (χ1n) is 4.96. The molecule has 0 saturated heterocycles. The molecule has 1 nitrogen and oxygen atoms in total. The van der Waals surface area contributed by atoms with Gasteiger partial charge in [-0.1, -0.05) is 18.6 Å². The lowest BCUT2D eigenvalue weighted by molar-refractivity contribution is -0.145. The molecule has 0 aromatic heterocycles. The molecule has 3 aliphatic rings. The molecule has 0 aromatic carbocycles. The van der Waals surface area contributed by atoms with Gasteiger partial charge in [-0.15, -0.1) is 0 Å². The summed E-state index contributed by atoms with van der Waals surface area (Å²) in [5.74, 6) is 1.84. The molecule has 3 fully saturated rings. The lowest BCUT2D eigenvalue weighted by atomic mass is 9.58. The largest absolute Gasteiger partial charge is 0.299 e. The molecule has 64 valence electrons. The summed E-state index contributed by atoms with van der Waals surface area (Å²) in [6.45, 7) is 4.11. The van der Waals surface area contributed by atoms with Crippen LogP contribution in [0.3, 0.4) is 0 Å². The predicted octanol–water partition coefficient (Wildman–Crippen LogP) is 2.32. The highest BCUT2D eigenvalue weighted by atomic mass is 16.1. The first-order valence-corrected chi connectivity index (χ1v) is 4.96. The van der Waals surface area contributed by atoms with Crippen molar-refractivity contribution in [3.05, 3.63) is 12.2 Å². The van der Waals surface area contributed by atoms with E-state index in [2.05, 4.69) is 6.58 Å². The van der Waals surface area contributed by atoms with Crippen molar-refractivity contribution in [3.8, 4) is 0 Å². The summed E-state index contributed by atoms with van der Waals surface area (Å²) >= 11 is 0. The van der Waals surface area contributed by atoms with Crippen LogP contribution in [0.1, 0.15) is 32.1 Å². The van der Waals surface area contributed by atoms with Gasteiger partial charge in [0.05, 0.1) is 0 Å². The molecular weight excluding hydrogens is 148 g/mol. The zero-order valence-corrected chi connectivity index (χ0v) is 7.31.